The molecule has 0 aliphatic carbocycles. The number of H-pyrrole nitrogens is 1. The van der Waals surface area contributed by atoms with Crippen LogP contribution < -0.4 is 0 Å². The van der Waals surface area contributed by atoms with E-state index >= 15 is 0 Å². The highest BCUT2D eigenvalue weighted by Crippen LogP contribution is 2.44. The fraction of sp³-hybridized carbons (Fsp3) is 0.409. The van der Waals surface area contributed by atoms with Crippen molar-refractivity contribution in [2.75, 3.05) is 0 Å². The number of aryl methyl sites for hydroxylation is 1. The van der Waals surface area contributed by atoms with E-state index in [9.17, 15) is 35.8 Å². The first kappa shape index (κ1) is 24.0. The molecule has 0 saturated heterocycles. The van der Waals surface area contributed by atoms with Crippen LogP contribution in [0.3, 0.4) is 0 Å². The first-order chi connectivity index (χ1) is 14.5. The molecule has 0 radical (unpaired) electrons. The summed E-state index contributed by atoms with van der Waals surface area (Å²) in [6.45, 7) is 4.57. The van der Waals surface area contributed by atoms with Crippen LogP contribution in [0.15, 0.2) is 36.5 Å². The molecule has 3 nitrogen and oxygen atoms in total. The number of alkyl halides is 6. The number of aliphatic hydroxyl groups is 1. The minimum Gasteiger partial charge on any atom is -0.380 e. The van der Waals surface area contributed by atoms with Gasteiger partial charge < -0.3 is 10.1 Å². The van der Waals surface area contributed by atoms with Gasteiger partial charge in [0.15, 0.2) is 5.60 Å². The third kappa shape index (κ3) is 4.74. The smallest absolute Gasteiger partial charge is 0.380 e. The third-order valence-corrected chi connectivity index (χ3v) is 5.53. The maximum absolute atomic E-state index is 14.0. The maximum Gasteiger partial charge on any atom is 0.433 e. The Labute approximate surface area is 179 Å². The van der Waals surface area contributed by atoms with Crippen molar-refractivity contribution < 1.29 is 35.8 Å². The van der Waals surface area contributed by atoms with Crippen molar-refractivity contribution in [2.24, 2.45) is 0 Å². The number of hydrogen-bond acceptors (Lipinski definition) is 2. The van der Waals surface area contributed by atoms with E-state index in [0.717, 1.165) is 24.4 Å². The second-order valence-corrected chi connectivity index (χ2v) is 8.68. The lowest BCUT2D eigenvalue weighted by molar-refractivity contribution is -0.266. The molecule has 1 unspecified atom stereocenters. The topological polar surface area (TPSA) is 48.9 Å². The van der Waals surface area contributed by atoms with Gasteiger partial charge in [-0.3, -0.25) is 0 Å². The van der Waals surface area contributed by atoms with Gasteiger partial charge in [-0.15, -0.1) is 0 Å². The molecule has 1 aromatic carbocycles. The van der Waals surface area contributed by atoms with E-state index in [2.05, 4.69) is 9.97 Å². The molecule has 0 bridgehead atoms. The van der Waals surface area contributed by atoms with E-state index in [4.69, 9.17) is 0 Å². The van der Waals surface area contributed by atoms with Crippen LogP contribution in [0.1, 0.15) is 42.8 Å². The van der Waals surface area contributed by atoms with Crippen LogP contribution in [-0.2, 0) is 18.0 Å². The zero-order valence-electron chi connectivity index (χ0n) is 17.4. The number of rotatable bonds is 5. The number of halogens is 7. The van der Waals surface area contributed by atoms with Gasteiger partial charge in [-0.25, -0.2) is 9.37 Å². The van der Waals surface area contributed by atoms with Crippen molar-refractivity contribution >= 4 is 10.9 Å². The van der Waals surface area contributed by atoms with Crippen molar-refractivity contribution in [1.82, 2.24) is 9.97 Å². The lowest BCUT2D eigenvalue weighted by Crippen LogP contribution is -2.51. The molecule has 0 saturated carbocycles. The molecule has 0 fully saturated rings. The van der Waals surface area contributed by atoms with Crippen LogP contribution in [0, 0.1) is 12.7 Å². The number of nitrogens with zero attached hydrogens (tertiary/aromatic N) is 1. The largest absolute Gasteiger partial charge is 0.433 e. The molecule has 0 aliphatic rings. The van der Waals surface area contributed by atoms with Gasteiger partial charge in [0.2, 0.25) is 0 Å². The number of nitrogens with one attached hydrogen (secondary N) is 1. The van der Waals surface area contributed by atoms with E-state index in [0.29, 0.717) is 11.1 Å². The van der Waals surface area contributed by atoms with Gasteiger partial charge in [0.05, 0.1) is 11.7 Å². The standard InChI is InChI=1S/C22H21F7N2O/c1-12-4-5-14(23)8-16(12)19(2,3)11-20(32,22(27,28)29)9-15-6-13-7-18(21(24,25)26)30-10-17(13)31-15/h4-8,10,31-32H,9,11H2,1-3H3. The summed E-state index contributed by atoms with van der Waals surface area (Å²) in [7, 11) is 0. The average Bonchev–Trinajstić information content (AvgIpc) is 3.02. The molecule has 2 aromatic heterocycles. The van der Waals surface area contributed by atoms with E-state index < -0.39 is 47.7 Å². The third-order valence-electron chi connectivity index (χ3n) is 5.53. The Morgan fingerprint density at radius 2 is 1.66 bits per heavy atom. The SMILES string of the molecule is Cc1ccc(F)cc1C(C)(C)CC(O)(Cc1cc2cc(C(F)(F)F)ncc2[nH]1)C(F)(F)F. The Kier molecular flexibility index (Phi) is 5.82. The van der Waals surface area contributed by atoms with E-state index in [1.165, 1.54) is 26.0 Å². The highest BCUT2D eigenvalue weighted by atomic mass is 19.4. The zero-order valence-corrected chi connectivity index (χ0v) is 17.4. The molecule has 0 spiro atoms. The Morgan fingerprint density at radius 3 is 2.25 bits per heavy atom. The highest BCUT2D eigenvalue weighted by Gasteiger charge is 2.56. The van der Waals surface area contributed by atoms with Gasteiger partial charge in [-0.2, -0.15) is 26.3 Å². The summed E-state index contributed by atoms with van der Waals surface area (Å²) in [5, 5.41) is 10.8. The average molecular weight is 462 g/mol. The van der Waals surface area contributed by atoms with Gasteiger partial charge in [0, 0.05) is 17.5 Å². The summed E-state index contributed by atoms with van der Waals surface area (Å²) >= 11 is 0. The number of aromatic nitrogens is 2. The summed E-state index contributed by atoms with van der Waals surface area (Å²) < 4.78 is 94.3. The van der Waals surface area contributed by atoms with Crippen LogP contribution in [0.2, 0.25) is 0 Å². The fourth-order valence-electron chi connectivity index (χ4n) is 4.07. The van der Waals surface area contributed by atoms with Gasteiger partial charge >= 0.3 is 12.4 Å². The van der Waals surface area contributed by atoms with Crippen molar-refractivity contribution in [2.45, 2.75) is 57.0 Å². The van der Waals surface area contributed by atoms with Crippen molar-refractivity contribution in [3.63, 3.8) is 0 Å². The summed E-state index contributed by atoms with van der Waals surface area (Å²) in [6, 6.07) is 5.63. The van der Waals surface area contributed by atoms with Crippen LogP contribution >= 0.6 is 0 Å². The van der Waals surface area contributed by atoms with Gasteiger partial charge in [0.1, 0.15) is 11.5 Å². The molecule has 0 amide bonds. The second-order valence-electron chi connectivity index (χ2n) is 8.68. The Balaban J connectivity index is 1.98. The summed E-state index contributed by atoms with van der Waals surface area (Å²) in [6.07, 6.45) is -10.6. The fourth-order valence-corrected chi connectivity index (χ4v) is 4.07. The molecule has 2 N–H and O–H groups in total. The summed E-state index contributed by atoms with van der Waals surface area (Å²) in [4.78, 5) is 5.88. The van der Waals surface area contributed by atoms with Gasteiger partial charge in [0.25, 0.3) is 0 Å². The molecule has 10 heteroatoms. The first-order valence-corrected chi connectivity index (χ1v) is 9.62. The number of aromatic amines is 1. The Bertz CT molecular complexity index is 1130. The normalized spacial score (nSPS) is 15.2. The molecule has 174 valence electrons. The monoisotopic (exact) mass is 462 g/mol. The molecule has 2 heterocycles. The van der Waals surface area contributed by atoms with Crippen LogP contribution in [0.25, 0.3) is 10.9 Å². The second kappa shape index (κ2) is 7.75. The van der Waals surface area contributed by atoms with Gasteiger partial charge in [-0.05, 0) is 54.2 Å². The minimum absolute atomic E-state index is 0.0204. The van der Waals surface area contributed by atoms with Crippen LogP contribution in [0.5, 0.6) is 0 Å². The summed E-state index contributed by atoms with van der Waals surface area (Å²) in [5.74, 6) is -0.613. The van der Waals surface area contributed by atoms with E-state index in [-0.39, 0.29) is 16.6 Å². The number of pyridine rings is 1. The lowest BCUT2D eigenvalue weighted by atomic mass is 9.72. The predicted molar refractivity (Wildman–Crippen MR) is 105 cm³/mol. The van der Waals surface area contributed by atoms with Crippen LogP contribution in [-0.4, -0.2) is 26.9 Å². The zero-order chi connectivity index (χ0) is 24.1. The highest BCUT2D eigenvalue weighted by molar-refractivity contribution is 5.80. The van der Waals surface area contributed by atoms with Crippen LogP contribution in [0.4, 0.5) is 30.7 Å². The molecular weight excluding hydrogens is 441 g/mol. The lowest BCUT2D eigenvalue weighted by Gasteiger charge is -2.38. The predicted octanol–water partition coefficient (Wildman–Crippen LogP) is 6.23. The molecule has 0 aliphatic heterocycles. The van der Waals surface area contributed by atoms with E-state index in [1.54, 1.807) is 6.92 Å². The minimum atomic E-state index is -5.06. The van der Waals surface area contributed by atoms with Gasteiger partial charge in [-0.1, -0.05) is 19.9 Å². The Hall–Kier alpha value is -2.62. The van der Waals surface area contributed by atoms with Crippen molar-refractivity contribution in [3.8, 4) is 0 Å². The molecule has 3 aromatic rings. The number of hydrogen-bond donors (Lipinski definition) is 2. The number of fused-ring (bicyclic) bond motifs is 1. The van der Waals surface area contributed by atoms with Crippen molar-refractivity contribution in [3.05, 3.63) is 64.9 Å². The summed E-state index contributed by atoms with van der Waals surface area (Å²) in [5.41, 5.74) is -4.79. The molecule has 32 heavy (non-hydrogen) atoms. The molecular formula is C22H21F7N2O. The number of benzene rings is 1. The van der Waals surface area contributed by atoms with Crippen molar-refractivity contribution in [1.29, 1.82) is 0 Å². The first-order valence-electron chi connectivity index (χ1n) is 9.62. The van der Waals surface area contributed by atoms with E-state index in [1.807, 2.05) is 0 Å². The maximum atomic E-state index is 14.0. The Morgan fingerprint density at radius 1 is 1.00 bits per heavy atom. The quantitative estimate of drug-likeness (QED) is 0.442. The molecule has 1 atom stereocenters. The molecule has 3 rings (SSSR count).